The van der Waals surface area contributed by atoms with Gasteiger partial charge in [-0.05, 0) is 49.4 Å². The van der Waals surface area contributed by atoms with Crippen LogP contribution >= 0.6 is 11.6 Å². The van der Waals surface area contributed by atoms with Crippen molar-refractivity contribution in [2.45, 2.75) is 37.6 Å². The van der Waals surface area contributed by atoms with Gasteiger partial charge in [-0.15, -0.1) is 0 Å². The first kappa shape index (κ1) is 15.8. The standard InChI is InChI=1S/C14H21ClN2O2S/c1-3-14(6-7-14)10-17-20(18,19)12-5-4-11(9-16-2)13(15)8-12/h4-5,8,16-17H,3,6-7,9-10H2,1-2H3. The molecule has 1 fully saturated rings. The number of hydrogen-bond donors (Lipinski definition) is 2. The second-order valence-electron chi connectivity index (χ2n) is 5.46. The molecule has 6 heteroatoms. The van der Waals surface area contributed by atoms with Crippen LogP contribution in [0.1, 0.15) is 31.7 Å². The fraction of sp³-hybridized carbons (Fsp3) is 0.571. The number of rotatable bonds is 7. The zero-order valence-corrected chi connectivity index (χ0v) is 13.4. The van der Waals surface area contributed by atoms with Crippen LogP contribution in [-0.4, -0.2) is 22.0 Å². The first-order chi connectivity index (χ1) is 9.42. The third kappa shape index (κ3) is 3.52. The molecule has 1 aliphatic rings. The lowest BCUT2D eigenvalue weighted by molar-refractivity contribution is 0.475. The molecule has 4 nitrogen and oxygen atoms in total. The van der Waals surface area contributed by atoms with Crippen LogP contribution in [0.15, 0.2) is 23.1 Å². The molecule has 2 rings (SSSR count). The first-order valence-electron chi connectivity index (χ1n) is 6.85. The van der Waals surface area contributed by atoms with Gasteiger partial charge in [0.25, 0.3) is 0 Å². The van der Waals surface area contributed by atoms with Gasteiger partial charge in [-0.3, -0.25) is 0 Å². The van der Waals surface area contributed by atoms with Crippen molar-refractivity contribution in [2.24, 2.45) is 5.41 Å². The van der Waals surface area contributed by atoms with Gasteiger partial charge in [0, 0.05) is 18.1 Å². The molecule has 0 radical (unpaired) electrons. The lowest BCUT2D eigenvalue weighted by Crippen LogP contribution is -2.30. The van der Waals surface area contributed by atoms with E-state index in [-0.39, 0.29) is 10.3 Å². The number of hydrogen-bond acceptors (Lipinski definition) is 3. The summed E-state index contributed by atoms with van der Waals surface area (Å²) in [5.74, 6) is 0. The molecule has 2 N–H and O–H groups in total. The van der Waals surface area contributed by atoms with Gasteiger partial charge >= 0.3 is 0 Å². The van der Waals surface area contributed by atoms with Crippen molar-refractivity contribution < 1.29 is 8.42 Å². The van der Waals surface area contributed by atoms with Crippen molar-refractivity contribution in [3.05, 3.63) is 28.8 Å². The number of sulfonamides is 1. The van der Waals surface area contributed by atoms with Crippen molar-refractivity contribution in [3.8, 4) is 0 Å². The minimum absolute atomic E-state index is 0.183. The SMILES string of the molecule is CCC1(CNS(=O)(=O)c2ccc(CNC)c(Cl)c2)CC1. The average molecular weight is 317 g/mol. The van der Waals surface area contributed by atoms with Crippen molar-refractivity contribution in [1.82, 2.24) is 10.0 Å². The van der Waals surface area contributed by atoms with E-state index in [0.29, 0.717) is 18.1 Å². The van der Waals surface area contributed by atoms with Crippen LogP contribution in [0.3, 0.4) is 0 Å². The maximum Gasteiger partial charge on any atom is 0.240 e. The van der Waals surface area contributed by atoms with E-state index in [1.165, 1.54) is 6.07 Å². The van der Waals surface area contributed by atoms with E-state index in [9.17, 15) is 8.42 Å². The summed E-state index contributed by atoms with van der Waals surface area (Å²) >= 11 is 6.11. The number of halogens is 1. The van der Waals surface area contributed by atoms with Crippen LogP contribution in [0, 0.1) is 5.41 Å². The highest BCUT2D eigenvalue weighted by atomic mass is 35.5. The van der Waals surface area contributed by atoms with E-state index < -0.39 is 10.0 Å². The average Bonchev–Trinajstić information content (AvgIpc) is 3.20. The molecule has 1 saturated carbocycles. The Morgan fingerprint density at radius 1 is 1.35 bits per heavy atom. The van der Waals surface area contributed by atoms with Gasteiger partial charge in [0.15, 0.2) is 0 Å². The van der Waals surface area contributed by atoms with Crippen LogP contribution in [-0.2, 0) is 16.6 Å². The fourth-order valence-electron chi connectivity index (χ4n) is 2.19. The highest BCUT2D eigenvalue weighted by Gasteiger charge is 2.41. The van der Waals surface area contributed by atoms with Gasteiger partial charge in [-0.2, -0.15) is 0 Å². The Balaban J connectivity index is 2.11. The third-order valence-corrected chi connectivity index (χ3v) is 5.80. The predicted octanol–water partition coefficient (Wildman–Crippen LogP) is 2.53. The Hall–Kier alpha value is -0.620. The molecule has 0 atom stereocenters. The summed E-state index contributed by atoms with van der Waals surface area (Å²) in [6.07, 6.45) is 3.22. The molecule has 0 unspecified atom stereocenters. The van der Waals surface area contributed by atoms with Gasteiger partial charge in [0.2, 0.25) is 10.0 Å². The Morgan fingerprint density at radius 3 is 2.55 bits per heavy atom. The van der Waals surface area contributed by atoms with Gasteiger partial charge in [0.05, 0.1) is 4.90 Å². The minimum atomic E-state index is -3.47. The second-order valence-corrected chi connectivity index (χ2v) is 7.64. The van der Waals surface area contributed by atoms with Crippen LogP contribution in [0.5, 0.6) is 0 Å². The summed E-state index contributed by atoms with van der Waals surface area (Å²) < 4.78 is 27.2. The third-order valence-electron chi connectivity index (χ3n) is 4.05. The molecular formula is C14H21ClN2O2S. The summed E-state index contributed by atoms with van der Waals surface area (Å²) in [5.41, 5.74) is 1.07. The molecule has 1 aromatic rings. The quantitative estimate of drug-likeness (QED) is 0.812. The molecule has 0 saturated heterocycles. The fourth-order valence-corrected chi connectivity index (χ4v) is 3.69. The van der Waals surface area contributed by atoms with E-state index in [1.54, 1.807) is 12.1 Å². The van der Waals surface area contributed by atoms with Crippen molar-refractivity contribution in [2.75, 3.05) is 13.6 Å². The van der Waals surface area contributed by atoms with Gasteiger partial charge in [-0.1, -0.05) is 24.6 Å². The largest absolute Gasteiger partial charge is 0.316 e. The Labute approximate surface area is 126 Å². The molecule has 0 aromatic heterocycles. The Kier molecular flexibility index (Phi) is 4.74. The lowest BCUT2D eigenvalue weighted by atomic mass is 10.1. The predicted molar refractivity (Wildman–Crippen MR) is 81.4 cm³/mol. The molecule has 0 amide bonds. The highest BCUT2D eigenvalue weighted by Crippen LogP contribution is 2.48. The summed E-state index contributed by atoms with van der Waals surface area (Å²) in [4.78, 5) is 0.231. The van der Waals surface area contributed by atoms with Gasteiger partial charge in [0.1, 0.15) is 0 Å². The van der Waals surface area contributed by atoms with Crippen LogP contribution in [0.2, 0.25) is 5.02 Å². The summed E-state index contributed by atoms with van der Waals surface area (Å²) in [6, 6.07) is 4.87. The topological polar surface area (TPSA) is 58.2 Å². The zero-order valence-electron chi connectivity index (χ0n) is 11.9. The van der Waals surface area contributed by atoms with E-state index in [0.717, 1.165) is 24.8 Å². The first-order valence-corrected chi connectivity index (χ1v) is 8.71. The van der Waals surface area contributed by atoms with E-state index in [2.05, 4.69) is 17.0 Å². The van der Waals surface area contributed by atoms with Crippen LogP contribution in [0.4, 0.5) is 0 Å². The summed E-state index contributed by atoms with van der Waals surface area (Å²) in [6.45, 7) is 3.23. The second kappa shape index (κ2) is 6.02. The minimum Gasteiger partial charge on any atom is -0.316 e. The number of benzene rings is 1. The molecule has 1 aromatic carbocycles. The van der Waals surface area contributed by atoms with E-state index in [4.69, 9.17) is 11.6 Å². The maximum atomic E-state index is 12.3. The molecule has 20 heavy (non-hydrogen) atoms. The van der Waals surface area contributed by atoms with Crippen molar-refractivity contribution in [1.29, 1.82) is 0 Å². The van der Waals surface area contributed by atoms with E-state index in [1.807, 2.05) is 7.05 Å². The summed E-state index contributed by atoms with van der Waals surface area (Å²) in [5, 5.41) is 3.47. The van der Waals surface area contributed by atoms with Crippen molar-refractivity contribution >= 4 is 21.6 Å². The molecule has 0 spiro atoms. The highest BCUT2D eigenvalue weighted by molar-refractivity contribution is 7.89. The molecule has 112 valence electrons. The van der Waals surface area contributed by atoms with Crippen molar-refractivity contribution in [3.63, 3.8) is 0 Å². The van der Waals surface area contributed by atoms with Gasteiger partial charge < -0.3 is 5.32 Å². The lowest BCUT2D eigenvalue weighted by Gasteiger charge is -2.14. The molecule has 0 bridgehead atoms. The molecule has 0 heterocycles. The van der Waals surface area contributed by atoms with Crippen LogP contribution < -0.4 is 10.0 Å². The smallest absolute Gasteiger partial charge is 0.240 e. The monoisotopic (exact) mass is 316 g/mol. The van der Waals surface area contributed by atoms with E-state index >= 15 is 0 Å². The summed E-state index contributed by atoms with van der Waals surface area (Å²) in [7, 11) is -1.65. The molecular weight excluding hydrogens is 296 g/mol. The normalized spacial score (nSPS) is 17.1. The van der Waals surface area contributed by atoms with Crippen LogP contribution in [0.25, 0.3) is 0 Å². The maximum absolute atomic E-state index is 12.3. The zero-order chi connectivity index (χ0) is 14.8. The molecule has 0 aliphatic heterocycles. The number of nitrogens with one attached hydrogen (secondary N) is 2. The Morgan fingerprint density at radius 2 is 2.05 bits per heavy atom. The Bertz CT molecular complexity index is 583. The molecule has 1 aliphatic carbocycles. The van der Waals surface area contributed by atoms with Gasteiger partial charge in [-0.25, -0.2) is 13.1 Å².